The fraction of sp³-hybridized carbons (Fsp3) is 0.448. The smallest absolute Gasteiger partial charge is 0.269 e. The van der Waals surface area contributed by atoms with E-state index in [1.165, 1.54) is 0 Å². The number of aliphatic hydroxyl groups excluding tert-OH is 1. The maximum absolute atomic E-state index is 16.1. The molecule has 1 aromatic heterocycles. The number of aryl methyl sites for hydroxylation is 1. The Kier molecular flexibility index (Phi) is 6.74. The van der Waals surface area contributed by atoms with Gasteiger partial charge in [0.15, 0.2) is 12.2 Å². The number of carbonyl (C=O) groups is 2. The highest BCUT2D eigenvalue weighted by Crippen LogP contribution is 2.60. The predicted octanol–water partition coefficient (Wildman–Crippen LogP) is 3.71. The molecule has 3 aromatic rings. The Morgan fingerprint density at radius 2 is 1.95 bits per heavy atom. The van der Waals surface area contributed by atoms with Crippen molar-refractivity contribution in [1.29, 1.82) is 0 Å². The zero-order valence-corrected chi connectivity index (χ0v) is 24.6. The lowest BCUT2D eigenvalue weighted by Gasteiger charge is -2.32. The van der Waals surface area contributed by atoms with Gasteiger partial charge in [-0.15, -0.1) is 5.10 Å². The molecule has 4 atom stereocenters. The van der Waals surface area contributed by atoms with Crippen molar-refractivity contribution in [3.8, 4) is 5.75 Å². The quantitative estimate of drug-likeness (QED) is 0.336. The van der Waals surface area contributed by atoms with E-state index in [1.807, 2.05) is 49.4 Å². The second kappa shape index (κ2) is 10.0. The molecule has 2 amide bonds. The summed E-state index contributed by atoms with van der Waals surface area (Å²) in [5.41, 5.74) is 1.38. The van der Waals surface area contributed by atoms with Crippen molar-refractivity contribution in [3.05, 3.63) is 59.9 Å². The zero-order chi connectivity index (χ0) is 29.1. The van der Waals surface area contributed by atoms with Gasteiger partial charge in [0, 0.05) is 55.5 Å². The van der Waals surface area contributed by atoms with E-state index in [1.54, 1.807) is 40.8 Å². The highest BCUT2D eigenvalue weighted by molar-refractivity contribution is 6.72. The lowest BCUT2D eigenvalue weighted by atomic mass is 9.82. The molecule has 0 unspecified atom stereocenters. The third kappa shape index (κ3) is 4.36. The van der Waals surface area contributed by atoms with E-state index in [0.29, 0.717) is 53.5 Å². The largest absolute Gasteiger partial charge is 0.482 e. The first-order valence-corrected chi connectivity index (χ1v) is 16.9. The van der Waals surface area contributed by atoms with Gasteiger partial charge in [-0.05, 0) is 49.8 Å². The molecule has 10 nitrogen and oxygen atoms in total. The molecular weight excluding hydrogens is 545 g/mol. The van der Waals surface area contributed by atoms with Crippen LogP contribution in [-0.2, 0) is 32.9 Å². The lowest BCUT2D eigenvalue weighted by molar-refractivity contribution is -0.145. The van der Waals surface area contributed by atoms with Crippen molar-refractivity contribution in [2.75, 3.05) is 30.1 Å². The number of rotatable bonds is 7. The molecule has 1 fully saturated rings. The van der Waals surface area contributed by atoms with Gasteiger partial charge < -0.3 is 23.6 Å². The van der Waals surface area contributed by atoms with E-state index in [9.17, 15) is 14.7 Å². The van der Waals surface area contributed by atoms with Crippen LogP contribution in [0.2, 0.25) is 18.6 Å². The first-order chi connectivity index (χ1) is 19.6. The van der Waals surface area contributed by atoms with E-state index in [2.05, 4.69) is 10.3 Å². The predicted molar refractivity (Wildman–Crippen MR) is 152 cm³/mol. The molecule has 3 aliphatic heterocycles. The molecule has 2 aromatic carbocycles. The average molecular weight is 580 g/mol. The number of benzene rings is 2. The van der Waals surface area contributed by atoms with Crippen molar-refractivity contribution >= 4 is 37.3 Å². The summed E-state index contributed by atoms with van der Waals surface area (Å²) in [6, 6.07) is 12.8. The zero-order valence-electron chi connectivity index (χ0n) is 23.6. The Morgan fingerprint density at radius 3 is 2.71 bits per heavy atom. The Labute approximate surface area is 238 Å². The number of hydrogen-bond acceptors (Lipinski definition) is 7. The van der Waals surface area contributed by atoms with Gasteiger partial charge in [0.2, 0.25) is 8.41 Å². The molecule has 4 heterocycles. The van der Waals surface area contributed by atoms with Crippen LogP contribution in [0.15, 0.2) is 48.7 Å². The van der Waals surface area contributed by atoms with Gasteiger partial charge >= 0.3 is 0 Å². The van der Waals surface area contributed by atoms with Crippen molar-refractivity contribution < 1.29 is 28.3 Å². The first kappa shape index (κ1) is 27.6. The minimum absolute atomic E-state index is 0.0210. The van der Waals surface area contributed by atoms with Gasteiger partial charge in [-0.3, -0.25) is 19.2 Å². The third-order valence-electron chi connectivity index (χ3n) is 8.64. The number of aliphatic hydroxyl groups is 1. The number of halogens is 1. The number of aromatic nitrogens is 3. The maximum Gasteiger partial charge on any atom is 0.269 e. The van der Waals surface area contributed by atoms with Crippen LogP contribution in [0, 0.1) is 5.92 Å². The fourth-order valence-corrected chi connectivity index (χ4v) is 9.41. The molecule has 0 saturated carbocycles. The molecule has 216 valence electrons. The van der Waals surface area contributed by atoms with Gasteiger partial charge in [-0.25, -0.2) is 0 Å². The van der Waals surface area contributed by atoms with Crippen molar-refractivity contribution in [3.63, 3.8) is 0 Å². The highest BCUT2D eigenvalue weighted by Gasteiger charge is 2.66. The Hall–Kier alpha value is -3.61. The fourth-order valence-electron chi connectivity index (χ4n) is 6.87. The summed E-state index contributed by atoms with van der Waals surface area (Å²) in [6.45, 7) is 5.57. The second-order valence-electron chi connectivity index (χ2n) is 11.6. The number of likely N-dealkylation sites (N-methyl/N-ethyl adjacent to an activating group) is 1. The summed E-state index contributed by atoms with van der Waals surface area (Å²) >= 11 is 0. The van der Waals surface area contributed by atoms with Crippen LogP contribution in [0.5, 0.6) is 5.75 Å². The number of carbonyl (C=O) groups excluding carboxylic acids is 2. The van der Waals surface area contributed by atoms with E-state index >= 15 is 4.11 Å². The van der Waals surface area contributed by atoms with Crippen LogP contribution in [-0.4, -0.2) is 66.7 Å². The van der Waals surface area contributed by atoms with E-state index in [0.717, 1.165) is 0 Å². The summed E-state index contributed by atoms with van der Waals surface area (Å²) in [5, 5.41) is 17.4. The van der Waals surface area contributed by atoms with Gasteiger partial charge in [0.25, 0.3) is 11.8 Å². The highest BCUT2D eigenvalue weighted by atomic mass is 28.4. The van der Waals surface area contributed by atoms with E-state index < -0.39 is 31.6 Å². The van der Waals surface area contributed by atoms with Crippen molar-refractivity contribution in [2.45, 2.75) is 56.7 Å². The van der Waals surface area contributed by atoms with Crippen LogP contribution in [0.1, 0.15) is 24.6 Å². The maximum atomic E-state index is 16.1. The molecule has 0 radical (unpaired) electrons. The van der Waals surface area contributed by atoms with Crippen LogP contribution in [0.4, 0.5) is 21.2 Å². The second-order valence-corrected chi connectivity index (χ2v) is 15.4. The molecule has 3 aliphatic rings. The minimum Gasteiger partial charge on any atom is -0.482 e. The summed E-state index contributed by atoms with van der Waals surface area (Å²) in [4.78, 5) is 30.3. The number of amides is 2. The molecule has 1 saturated heterocycles. The minimum atomic E-state index is -3.32. The summed E-state index contributed by atoms with van der Waals surface area (Å²) in [5.74, 6) is -0.305. The standard InChI is InChI=1S/C29H34FN5O5Si/c1-18-27(41(3,4)30)25(11-13-34-16-19(12-14-36)31-32-34)40-29(18)21-15-20(9-10-22(21)33(2)28(29)38)35-23-7-5-6-8-24(23)39-17-26(35)37/h5-10,15-16,18,25,27,36H,11-14,17H2,1-4H3/t18-,25+,27-,29+/m0/s1. The van der Waals surface area contributed by atoms with Crippen LogP contribution < -0.4 is 14.5 Å². The topological polar surface area (TPSA) is 110 Å². The van der Waals surface area contributed by atoms with Crippen LogP contribution in [0.3, 0.4) is 0 Å². The Morgan fingerprint density at radius 1 is 1.17 bits per heavy atom. The SMILES string of the molecule is C[C@H]1[C@H]([Si](C)(C)F)[C@@H](CCn2cc(CCO)nn2)O[C@]12C(=O)N(C)c1ccc(N3C(=O)COc4ccccc43)cc12. The molecule has 1 N–H and O–H groups in total. The van der Waals surface area contributed by atoms with Gasteiger partial charge in [-0.2, -0.15) is 0 Å². The molecule has 41 heavy (non-hydrogen) atoms. The van der Waals surface area contributed by atoms with Crippen LogP contribution in [0.25, 0.3) is 0 Å². The number of para-hydroxylation sites is 2. The summed E-state index contributed by atoms with van der Waals surface area (Å²) in [7, 11) is -1.61. The van der Waals surface area contributed by atoms with Crippen molar-refractivity contribution in [1.82, 2.24) is 15.0 Å². The molecular formula is C29H34FN5O5Si. The number of hydrogen-bond donors (Lipinski definition) is 1. The number of ether oxygens (including phenoxy) is 2. The number of anilines is 3. The molecule has 1 spiro atoms. The van der Waals surface area contributed by atoms with E-state index in [4.69, 9.17) is 9.47 Å². The molecule has 12 heteroatoms. The van der Waals surface area contributed by atoms with Gasteiger partial charge in [0.1, 0.15) is 5.75 Å². The Bertz CT molecular complexity index is 1510. The van der Waals surface area contributed by atoms with Crippen LogP contribution >= 0.6 is 0 Å². The molecule has 0 aliphatic carbocycles. The normalized spacial score (nSPS) is 25.6. The molecule has 0 bridgehead atoms. The van der Waals surface area contributed by atoms with Gasteiger partial charge in [0.05, 0.1) is 23.2 Å². The lowest BCUT2D eigenvalue weighted by Crippen LogP contribution is -2.44. The third-order valence-corrected chi connectivity index (χ3v) is 11.1. The monoisotopic (exact) mass is 579 g/mol. The average Bonchev–Trinajstić information content (AvgIpc) is 3.58. The van der Waals surface area contributed by atoms with E-state index in [-0.39, 0.29) is 25.0 Å². The number of fused-ring (bicyclic) bond motifs is 3. The summed E-state index contributed by atoms with van der Waals surface area (Å²) < 4.78 is 30.1. The van der Waals surface area contributed by atoms with Gasteiger partial charge in [-0.1, -0.05) is 24.3 Å². The summed E-state index contributed by atoms with van der Waals surface area (Å²) in [6.07, 6.45) is 2.09. The Balaban J connectivity index is 1.39. The van der Waals surface area contributed by atoms with Crippen molar-refractivity contribution in [2.24, 2.45) is 5.92 Å². The number of nitrogens with zero attached hydrogens (tertiary/aromatic N) is 5. The molecule has 6 rings (SSSR count). The first-order valence-electron chi connectivity index (χ1n) is 13.9.